The zero-order valence-corrected chi connectivity index (χ0v) is 14.1. The van der Waals surface area contributed by atoms with E-state index in [0.29, 0.717) is 5.52 Å². The number of anilines is 1. The van der Waals surface area contributed by atoms with E-state index in [-0.39, 0.29) is 10.6 Å². The van der Waals surface area contributed by atoms with Crippen LogP contribution in [0.25, 0.3) is 21.8 Å². The minimum atomic E-state index is -0.383. The molecule has 3 rings (SSSR count). The Hall–Kier alpha value is -2.73. The maximum Gasteiger partial charge on any atom is 0.271 e. The number of nitro benzene ring substituents is 1. The van der Waals surface area contributed by atoms with Crippen LogP contribution in [-0.4, -0.2) is 35.6 Å². The first-order valence-corrected chi connectivity index (χ1v) is 7.94. The van der Waals surface area contributed by atoms with Crippen molar-refractivity contribution >= 4 is 33.2 Å². The van der Waals surface area contributed by atoms with Crippen LogP contribution in [0.5, 0.6) is 0 Å². The molecule has 24 heavy (non-hydrogen) atoms. The predicted molar refractivity (Wildman–Crippen MR) is 97.2 cm³/mol. The topological polar surface area (TPSA) is 62.5 Å². The van der Waals surface area contributed by atoms with Crippen LogP contribution in [-0.2, 0) is 0 Å². The number of pyridine rings is 1. The summed E-state index contributed by atoms with van der Waals surface area (Å²) < 4.78 is 0. The molecule has 0 saturated carbocycles. The Morgan fingerprint density at radius 2 is 1.79 bits per heavy atom. The molecule has 1 heterocycles. The highest BCUT2D eigenvalue weighted by Crippen LogP contribution is 2.35. The van der Waals surface area contributed by atoms with Crippen molar-refractivity contribution in [3.8, 4) is 0 Å². The maximum absolute atomic E-state index is 11.1. The molecule has 2 aromatic carbocycles. The van der Waals surface area contributed by atoms with E-state index in [1.165, 1.54) is 0 Å². The Morgan fingerprint density at radius 3 is 2.46 bits per heavy atom. The van der Waals surface area contributed by atoms with Crippen molar-refractivity contribution in [3.63, 3.8) is 0 Å². The van der Waals surface area contributed by atoms with E-state index < -0.39 is 0 Å². The first-order valence-electron chi connectivity index (χ1n) is 7.94. The molecule has 0 aliphatic heterocycles. The number of hydrazine groups is 1. The van der Waals surface area contributed by atoms with Crippen molar-refractivity contribution < 1.29 is 4.92 Å². The van der Waals surface area contributed by atoms with Gasteiger partial charge in [0.15, 0.2) is 0 Å². The van der Waals surface area contributed by atoms with E-state index in [9.17, 15) is 10.1 Å². The fourth-order valence-electron chi connectivity index (χ4n) is 2.97. The molecule has 0 spiro atoms. The van der Waals surface area contributed by atoms with Gasteiger partial charge >= 0.3 is 0 Å². The number of hydrogen-bond donors (Lipinski definition) is 0. The van der Waals surface area contributed by atoms with Gasteiger partial charge in [0.2, 0.25) is 0 Å². The van der Waals surface area contributed by atoms with Crippen molar-refractivity contribution in [3.05, 3.63) is 52.6 Å². The second-order valence-electron chi connectivity index (χ2n) is 5.91. The fourth-order valence-corrected chi connectivity index (χ4v) is 2.97. The second-order valence-corrected chi connectivity index (χ2v) is 5.91. The molecule has 0 radical (unpaired) electrons. The fraction of sp³-hybridized carbons (Fsp3) is 0.278. The van der Waals surface area contributed by atoms with Crippen LogP contribution in [0.3, 0.4) is 0 Å². The van der Waals surface area contributed by atoms with Gasteiger partial charge in [0.1, 0.15) is 0 Å². The predicted octanol–water partition coefficient (Wildman–Crippen LogP) is 3.99. The maximum atomic E-state index is 11.1. The van der Waals surface area contributed by atoms with Crippen LogP contribution < -0.4 is 5.01 Å². The van der Waals surface area contributed by atoms with Gasteiger partial charge in [-0.05, 0) is 18.6 Å². The highest BCUT2D eigenvalue weighted by molar-refractivity contribution is 6.08. The summed E-state index contributed by atoms with van der Waals surface area (Å²) in [6.45, 7) is 2.99. The van der Waals surface area contributed by atoms with Crippen molar-refractivity contribution in [1.82, 2.24) is 9.99 Å². The summed E-state index contributed by atoms with van der Waals surface area (Å²) in [5, 5.41) is 17.3. The van der Waals surface area contributed by atoms with Crippen molar-refractivity contribution in [1.29, 1.82) is 0 Å². The molecule has 0 atom stereocenters. The smallest absolute Gasteiger partial charge is 0.271 e. The number of benzene rings is 2. The summed E-state index contributed by atoms with van der Waals surface area (Å²) in [5.74, 6) is 0. The van der Waals surface area contributed by atoms with Crippen LogP contribution in [0.1, 0.15) is 13.3 Å². The molecule has 124 valence electrons. The molecule has 6 heteroatoms. The van der Waals surface area contributed by atoms with Crippen LogP contribution in [0.2, 0.25) is 0 Å². The first kappa shape index (κ1) is 16.1. The zero-order valence-electron chi connectivity index (χ0n) is 14.1. The molecule has 3 aromatic rings. The molecule has 0 N–H and O–H groups in total. The monoisotopic (exact) mass is 324 g/mol. The van der Waals surface area contributed by atoms with Gasteiger partial charge in [0, 0.05) is 43.5 Å². The van der Waals surface area contributed by atoms with Gasteiger partial charge in [0.05, 0.1) is 21.6 Å². The van der Waals surface area contributed by atoms with Crippen LogP contribution in [0.15, 0.2) is 42.5 Å². The van der Waals surface area contributed by atoms with Gasteiger partial charge in [-0.15, -0.1) is 0 Å². The van der Waals surface area contributed by atoms with Crippen molar-refractivity contribution in [2.75, 3.05) is 25.6 Å². The summed E-state index contributed by atoms with van der Waals surface area (Å²) in [6, 6.07) is 12.8. The van der Waals surface area contributed by atoms with E-state index in [4.69, 9.17) is 0 Å². The van der Waals surface area contributed by atoms with Gasteiger partial charge in [-0.25, -0.2) is 9.99 Å². The van der Waals surface area contributed by atoms with E-state index >= 15 is 0 Å². The largest absolute Gasteiger partial charge is 0.305 e. The molecule has 0 aliphatic carbocycles. The molecule has 0 aliphatic rings. The lowest BCUT2D eigenvalue weighted by Crippen LogP contribution is -2.37. The third kappa shape index (κ3) is 2.76. The molecular weight excluding hydrogens is 304 g/mol. The quantitative estimate of drug-likeness (QED) is 0.403. The third-order valence-electron chi connectivity index (χ3n) is 4.02. The van der Waals surface area contributed by atoms with Gasteiger partial charge in [-0.2, -0.15) is 0 Å². The Morgan fingerprint density at radius 1 is 1.08 bits per heavy atom. The van der Waals surface area contributed by atoms with Crippen LogP contribution >= 0.6 is 0 Å². The van der Waals surface area contributed by atoms with E-state index in [0.717, 1.165) is 34.9 Å². The number of nitro groups is 1. The highest BCUT2D eigenvalue weighted by atomic mass is 16.6. The summed E-state index contributed by atoms with van der Waals surface area (Å²) >= 11 is 0. The number of para-hydroxylation sites is 1. The number of rotatable bonds is 5. The summed E-state index contributed by atoms with van der Waals surface area (Å²) in [6.07, 6.45) is 0.989. The minimum Gasteiger partial charge on any atom is -0.305 e. The second kappa shape index (κ2) is 6.41. The standard InChI is InChI=1S/C18H20N4O2/c1-4-11-21(20(2)3)18-14-7-5-6-8-16(14)19-17-12-13(22(23)24)9-10-15(17)18/h5-10,12H,4,11H2,1-3H3. The van der Waals surface area contributed by atoms with Crippen molar-refractivity contribution in [2.24, 2.45) is 0 Å². The molecule has 0 unspecified atom stereocenters. The molecule has 0 fully saturated rings. The zero-order chi connectivity index (χ0) is 17.3. The van der Waals surface area contributed by atoms with Gasteiger partial charge < -0.3 is 5.01 Å². The summed E-state index contributed by atoms with van der Waals surface area (Å²) in [4.78, 5) is 15.3. The number of hydrogen-bond acceptors (Lipinski definition) is 5. The molecule has 0 saturated heterocycles. The Kier molecular flexibility index (Phi) is 4.31. The number of non-ortho nitro benzene ring substituents is 1. The lowest BCUT2D eigenvalue weighted by Gasteiger charge is -2.32. The minimum absolute atomic E-state index is 0.0584. The molecule has 0 bridgehead atoms. The Labute approximate surface area is 140 Å². The summed E-state index contributed by atoms with van der Waals surface area (Å²) in [7, 11) is 4.00. The first-order chi connectivity index (χ1) is 11.5. The average molecular weight is 324 g/mol. The lowest BCUT2D eigenvalue weighted by molar-refractivity contribution is -0.384. The SMILES string of the molecule is CCCN(c1c2ccccc2nc2cc([N+](=O)[O-])ccc12)N(C)C. The van der Waals surface area contributed by atoms with Crippen LogP contribution in [0.4, 0.5) is 11.4 Å². The molecular formula is C18H20N4O2. The number of nitrogens with zero attached hydrogens (tertiary/aromatic N) is 4. The van der Waals surface area contributed by atoms with Gasteiger partial charge in [0.25, 0.3) is 5.69 Å². The average Bonchev–Trinajstić information content (AvgIpc) is 2.57. The van der Waals surface area contributed by atoms with E-state index in [1.54, 1.807) is 18.2 Å². The highest BCUT2D eigenvalue weighted by Gasteiger charge is 2.18. The van der Waals surface area contributed by atoms with Gasteiger partial charge in [-0.1, -0.05) is 25.1 Å². The van der Waals surface area contributed by atoms with E-state index in [2.05, 4.69) is 16.9 Å². The molecule has 0 amide bonds. The lowest BCUT2D eigenvalue weighted by atomic mass is 10.1. The Balaban J connectivity index is 2.38. The Bertz CT molecular complexity index is 908. The number of aromatic nitrogens is 1. The van der Waals surface area contributed by atoms with Crippen LogP contribution in [0, 0.1) is 10.1 Å². The normalized spacial score (nSPS) is 11.3. The van der Waals surface area contributed by atoms with Gasteiger partial charge in [-0.3, -0.25) is 10.1 Å². The molecule has 1 aromatic heterocycles. The number of fused-ring (bicyclic) bond motifs is 2. The summed E-state index contributed by atoms with van der Waals surface area (Å²) in [5.41, 5.74) is 2.57. The van der Waals surface area contributed by atoms with Crippen molar-refractivity contribution in [2.45, 2.75) is 13.3 Å². The molecule has 6 nitrogen and oxygen atoms in total. The van der Waals surface area contributed by atoms with E-state index in [1.807, 2.05) is 43.4 Å². The third-order valence-corrected chi connectivity index (χ3v) is 4.02.